The molecule has 106 valence electrons. The maximum atomic E-state index is 13.7. The molecule has 0 saturated carbocycles. The number of hydrogen-bond acceptors (Lipinski definition) is 3. The van der Waals surface area contributed by atoms with Gasteiger partial charge in [-0.2, -0.15) is 5.10 Å². The number of anilines is 1. The van der Waals surface area contributed by atoms with Gasteiger partial charge < -0.3 is 5.32 Å². The van der Waals surface area contributed by atoms with Crippen LogP contribution >= 0.6 is 11.6 Å². The molecule has 21 heavy (non-hydrogen) atoms. The summed E-state index contributed by atoms with van der Waals surface area (Å²) in [5, 5.41) is 6.80. The van der Waals surface area contributed by atoms with Crippen LogP contribution in [0.4, 0.5) is 10.1 Å². The zero-order valence-corrected chi connectivity index (χ0v) is 11.7. The third-order valence-corrected chi connectivity index (χ3v) is 3.20. The van der Waals surface area contributed by atoms with Crippen molar-refractivity contribution in [1.29, 1.82) is 0 Å². The Morgan fingerprint density at radius 1 is 1.43 bits per heavy atom. The van der Waals surface area contributed by atoms with Crippen LogP contribution in [0.5, 0.6) is 0 Å². The number of hydrogen-bond donors (Lipinski definition) is 1. The molecule has 1 aromatic carbocycles. The minimum absolute atomic E-state index is 0.0523. The first-order valence-electron chi connectivity index (χ1n) is 6.12. The highest BCUT2D eigenvalue weighted by atomic mass is 35.5. The second-order valence-electron chi connectivity index (χ2n) is 4.48. The first-order chi connectivity index (χ1) is 10.0. The summed E-state index contributed by atoms with van der Waals surface area (Å²) in [6.07, 6.45) is 3.07. The molecule has 2 heterocycles. The average molecular weight is 305 g/mol. The molecule has 3 rings (SSSR count). The van der Waals surface area contributed by atoms with Crippen molar-refractivity contribution in [3.63, 3.8) is 0 Å². The van der Waals surface area contributed by atoms with Gasteiger partial charge in [-0.05, 0) is 19.1 Å². The summed E-state index contributed by atoms with van der Waals surface area (Å²) in [7, 11) is 0. The fraction of sp³-hybridized carbons (Fsp3) is 0.0714. The van der Waals surface area contributed by atoms with Crippen LogP contribution in [0.1, 0.15) is 16.1 Å². The molecule has 5 nitrogen and oxygen atoms in total. The Morgan fingerprint density at radius 2 is 2.24 bits per heavy atom. The summed E-state index contributed by atoms with van der Waals surface area (Å²) < 4.78 is 15.2. The Bertz CT molecular complexity index is 826. The summed E-state index contributed by atoms with van der Waals surface area (Å²) >= 11 is 5.85. The number of carbonyl (C=O) groups excluding carboxylic acids is 1. The maximum absolute atomic E-state index is 13.7. The standard InChI is InChI=1S/C14H10ClFN4O/c1-8-5-12-17-6-9(7-20(12)19-8)18-14(21)13-10(15)3-2-4-11(13)16/h2-7H,1H3,(H,18,21). The zero-order chi connectivity index (χ0) is 15.0. The van der Waals surface area contributed by atoms with Gasteiger partial charge in [0.05, 0.1) is 34.4 Å². The highest BCUT2D eigenvalue weighted by molar-refractivity contribution is 6.34. The van der Waals surface area contributed by atoms with Crippen molar-refractivity contribution in [1.82, 2.24) is 14.6 Å². The second-order valence-corrected chi connectivity index (χ2v) is 4.89. The van der Waals surface area contributed by atoms with E-state index >= 15 is 0 Å². The highest BCUT2D eigenvalue weighted by Gasteiger charge is 2.16. The van der Waals surface area contributed by atoms with Gasteiger partial charge >= 0.3 is 0 Å². The molecular formula is C14H10ClFN4O. The van der Waals surface area contributed by atoms with E-state index in [2.05, 4.69) is 15.4 Å². The Balaban J connectivity index is 1.92. The van der Waals surface area contributed by atoms with Crippen LogP contribution in [0.3, 0.4) is 0 Å². The Hall–Kier alpha value is -2.47. The third kappa shape index (κ3) is 2.57. The molecule has 1 amide bonds. The van der Waals surface area contributed by atoms with Gasteiger partial charge in [0.15, 0.2) is 5.65 Å². The fourth-order valence-electron chi connectivity index (χ4n) is 1.97. The lowest BCUT2D eigenvalue weighted by Gasteiger charge is -2.07. The van der Waals surface area contributed by atoms with Gasteiger partial charge in [-0.15, -0.1) is 0 Å². The van der Waals surface area contributed by atoms with E-state index in [1.807, 2.05) is 6.92 Å². The number of halogens is 2. The topological polar surface area (TPSA) is 59.3 Å². The number of benzene rings is 1. The van der Waals surface area contributed by atoms with Crippen LogP contribution in [0.15, 0.2) is 36.7 Å². The predicted octanol–water partition coefficient (Wildman–Crippen LogP) is 3.08. The van der Waals surface area contributed by atoms with Gasteiger partial charge in [0.2, 0.25) is 0 Å². The predicted molar refractivity (Wildman–Crippen MR) is 77.1 cm³/mol. The summed E-state index contributed by atoms with van der Waals surface area (Å²) in [5.41, 5.74) is 1.67. The number of nitrogens with one attached hydrogen (secondary N) is 1. The normalized spacial score (nSPS) is 10.8. The molecule has 0 unspecified atom stereocenters. The van der Waals surface area contributed by atoms with Crippen molar-refractivity contribution in [2.75, 3.05) is 5.32 Å². The van der Waals surface area contributed by atoms with Crippen molar-refractivity contribution < 1.29 is 9.18 Å². The Morgan fingerprint density at radius 3 is 3.00 bits per heavy atom. The molecule has 0 radical (unpaired) electrons. The quantitative estimate of drug-likeness (QED) is 0.791. The van der Waals surface area contributed by atoms with Gasteiger partial charge in [-0.25, -0.2) is 13.9 Å². The maximum Gasteiger partial charge on any atom is 0.260 e. The molecule has 7 heteroatoms. The van der Waals surface area contributed by atoms with E-state index in [-0.39, 0.29) is 10.6 Å². The van der Waals surface area contributed by atoms with E-state index in [1.165, 1.54) is 28.9 Å². The van der Waals surface area contributed by atoms with E-state index in [1.54, 1.807) is 12.3 Å². The molecular weight excluding hydrogens is 295 g/mol. The van der Waals surface area contributed by atoms with Crippen LogP contribution < -0.4 is 5.32 Å². The SMILES string of the molecule is Cc1cc2ncc(NC(=O)c3c(F)cccc3Cl)cn2n1. The molecule has 0 aliphatic rings. The molecule has 3 aromatic rings. The van der Waals surface area contributed by atoms with Crippen LogP contribution in [0.25, 0.3) is 5.65 Å². The smallest absolute Gasteiger partial charge is 0.260 e. The molecule has 0 aliphatic heterocycles. The Kier molecular flexibility index (Phi) is 3.31. The molecule has 0 spiro atoms. The molecule has 2 aromatic heterocycles. The van der Waals surface area contributed by atoms with Crippen molar-refractivity contribution in [2.45, 2.75) is 6.92 Å². The molecule has 0 atom stereocenters. The Labute approximate surface area is 124 Å². The van der Waals surface area contributed by atoms with Crippen molar-refractivity contribution in [3.05, 3.63) is 58.8 Å². The van der Waals surface area contributed by atoms with Crippen molar-refractivity contribution >= 4 is 28.8 Å². The number of carbonyl (C=O) groups is 1. The number of nitrogens with zero attached hydrogens (tertiary/aromatic N) is 3. The highest BCUT2D eigenvalue weighted by Crippen LogP contribution is 2.20. The number of aromatic nitrogens is 3. The second kappa shape index (κ2) is 5.14. The molecule has 0 aliphatic carbocycles. The van der Waals surface area contributed by atoms with E-state index in [4.69, 9.17) is 11.6 Å². The third-order valence-electron chi connectivity index (χ3n) is 2.88. The lowest BCUT2D eigenvalue weighted by molar-refractivity contribution is 0.102. The fourth-order valence-corrected chi connectivity index (χ4v) is 2.22. The van der Waals surface area contributed by atoms with Crippen LogP contribution in [-0.2, 0) is 0 Å². The largest absolute Gasteiger partial charge is 0.319 e. The number of amides is 1. The van der Waals surface area contributed by atoms with Gasteiger partial charge in [-0.1, -0.05) is 17.7 Å². The van der Waals surface area contributed by atoms with Crippen LogP contribution in [0, 0.1) is 12.7 Å². The summed E-state index contributed by atoms with van der Waals surface area (Å²) in [6, 6.07) is 5.88. The number of aryl methyl sites for hydroxylation is 1. The van der Waals surface area contributed by atoms with E-state index in [9.17, 15) is 9.18 Å². The van der Waals surface area contributed by atoms with Crippen LogP contribution in [0.2, 0.25) is 5.02 Å². The average Bonchev–Trinajstić information content (AvgIpc) is 2.77. The van der Waals surface area contributed by atoms with Gasteiger partial charge in [0.1, 0.15) is 5.82 Å². The van der Waals surface area contributed by atoms with E-state index in [0.29, 0.717) is 11.3 Å². The van der Waals surface area contributed by atoms with Crippen molar-refractivity contribution in [2.24, 2.45) is 0 Å². The lowest BCUT2D eigenvalue weighted by Crippen LogP contribution is -2.15. The minimum atomic E-state index is -0.677. The zero-order valence-electron chi connectivity index (χ0n) is 11.0. The molecule has 0 bridgehead atoms. The molecule has 0 fully saturated rings. The van der Waals surface area contributed by atoms with Gasteiger partial charge in [0, 0.05) is 6.07 Å². The summed E-state index contributed by atoms with van der Waals surface area (Å²) in [6.45, 7) is 1.84. The molecule has 0 saturated heterocycles. The summed E-state index contributed by atoms with van der Waals surface area (Å²) in [4.78, 5) is 16.3. The van der Waals surface area contributed by atoms with Gasteiger partial charge in [0.25, 0.3) is 5.91 Å². The first-order valence-corrected chi connectivity index (χ1v) is 6.50. The van der Waals surface area contributed by atoms with E-state index in [0.717, 1.165) is 5.69 Å². The minimum Gasteiger partial charge on any atom is -0.319 e. The van der Waals surface area contributed by atoms with Crippen LogP contribution in [-0.4, -0.2) is 20.5 Å². The van der Waals surface area contributed by atoms with Gasteiger partial charge in [-0.3, -0.25) is 4.79 Å². The first kappa shape index (κ1) is 13.5. The van der Waals surface area contributed by atoms with E-state index < -0.39 is 11.7 Å². The number of fused-ring (bicyclic) bond motifs is 1. The lowest BCUT2D eigenvalue weighted by atomic mass is 10.2. The summed E-state index contributed by atoms with van der Waals surface area (Å²) in [5.74, 6) is -1.31. The molecule has 1 N–H and O–H groups in total. The monoisotopic (exact) mass is 304 g/mol. The van der Waals surface area contributed by atoms with Crippen molar-refractivity contribution in [3.8, 4) is 0 Å². The number of rotatable bonds is 2.